The SMILES string of the molecule is [B][C@@H]1C(=C)N(C)C(=O)NC1C. The fourth-order valence-corrected chi connectivity index (χ4v) is 1.02. The van der Waals surface area contributed by atoms with Gasteiger partial charge in [-0.15, -0.1) is 0 Å². The summed E-state index contributed by atoms with van der Waals surface area (Å²) in [7, 11) is 7.37. The molecule has 0 saturated carbocycles. The molecule has 11 heavy (non-hydrogen) atoms. The van der Waals surface area contributed by atoms with E-state index in [1.54, 1.807) is 7.05 Å². The Kier molecular flexibility index (Phi) is 1.93. The minimum absolute atomic E-state index is 0.0220. The van der Waals surface area contributed by atoms with Crippen LogP contribution in [0.2, 0.25) is 5.82 Å². The molecule has 1 saturated heterocycles. The van der Waals surface area contributed by atoms with E-state index in [1.165, 1.54) is 4.90 Å². The van der Waals surface area contributed by atoms with E-state index in [0.717, 1.165) is 0 Å². The highest BCUT2D eigenvalue weighted by Crippen LogP contribution is 2.23. The predicted octanol–water partition coefficient (Wildman–Crippen LogP) is 0.501. The maximum absolute atomic E-state index is 11.1. The van der Waals surface area contributed by atoms with Gasteiger partial charge in [0.1, 0.15) is 0 Å². The molecule has 3 nitrogen and oxygen atoms in total. The third-order valence-electron chi connectivity index (χ3n) is 2.01. The van der Waals surface area contributed by atoms with Gasteiger partial charge in [0.15, 0.2) is 0 Å². The van der Waals surface area contributed by atoms with E-state index in [9.17, 15) is 4.79 Å². The van der Waals surface area contributed by atoms with Gasteiger partial charge in [0.2, 0.25) is 0 Å². The van der Waals surface area contributed by atoms with Crippen LogP contribution < -0.4 is 5.32 Å². The van der Waals surface area contributed by atoms with Crippen molar-refractivity contribution in [1.82, 2.24) is 10.2 Å². The number of urea groups is 1. The average Bonchev–Trinajstić information content (AvgIpc) is 1.97. The number of carbonyl (C=O) groups is 1. The van der Waals surface area contributed by atoms with Crippen molar-refractivity contribution in [2.24, 2.45) is 0 Å². The van der Waals surface area contributed by atoms with E-state index in [1.807, 2.05) is 6.92 Å². The Hall–Kier alpha value is -0.925. The van der Waals surface area contributed by atoms with Crippen molar-refractivity contribution in [3.05, 3.63) is 12.3 Å². The predicted molar refractivity (Wildman–Crippen MR) is 44.4 cm³/mol. The molecule has 0 aliphatic carbocycles. The van der Waals surface area contributed by atoms with Crippen molar-refractivity contribution in [3.63, 3.8) is 0 Å². The van der Waals surface area contributed by atoms with Gasteiger partial charge in [-0.2, -0.15) is 0 Å². The van der Waals surface area contributed by atoms with Crippen molar-refractivity contribution in [2.45, 2.75) is 18.8 Å². The first kappa shape index (κ1) is 8.17. The molecular formula is C7H11BN2O. The van der Waals surface area contributed by atoms with Gasteiger partial charge < -0.3 is 10.2 Å². The summed E-state index contributed by atoms with van der Waals surface area (Å²) in [4.78, 5) is 12.5. The molecule has 1 N–H and O–H groups in total. The summed E-state index contributed by atoms with van der Waals surface area (Å²) in [5, 5.41) is 2.71. The number of hydrogen-bond acceptors (Lipinski definition) is 1. The second-order valence-electron chi connectivity index (χ2n) is 2.81. The van der Waals surface area contributed by atoms with Crippen molar-refractivity contribution in [3.8, 4) is 0 Å². The molecule has 1 unspecified atom stereocenters. The van der Waals surface area contributed by atoms with Crippen molar-refractivity contribution in [2.75, 3.05) is 7.05 Å². The number of nitrogens with zero attached hydrogens (tertiary/aromatic N) is 1. The molecule has 4 heteroatoms. The largest absolute Gasteiger partial charge is 0.335 e. The van der Waals surface area contributed by atoms with Crippen LogP contribution in [0.25, 0.3) is 0 Å². The van der Waals surface area contributed by atoms with E-state index in [4.69, 9.17) is 7.85 Å². The minimum Gasteiger partial charge on any atom is -0.335 e. The first-order valence-corrected chi connectivity index (χ1v) is 3.52. The Morgan fingerprint density at radius 1 is 1.73 bits per heavy atom. The molecule has 1 aliphatic heterocycles. The molecule has 2 amide bonds. The zero-order valence-corrected chi connectivity index (χ0v) is 6.79. The molecule has 2 atom stereocenters. The molecule has 0 bridgehead atoms. The lowest BCUT2D eigenvalue weighted by Gasteiger charge is -2.36. The Labute approximate surface area is 67.9 Å². The van der Waals surface area contributed by atoms with Crippen LogP contribution in [-0.4, -0.2) is 31.9 Å². The number of rotatable bonds is 0. The van der Waals surface area contributed by atoms with Crippen LogP contribution in [0, 0.1) is 0 Å². The van der Waals surface area contributed by atoms with Gasteiger partial charge in [-0.3, -0.25) is 0 Å². The minimum atomic E-state index is -0.169. The molecule has 1 fully saturated rings. The summed E-state index contributed by atoms with van der Waals surface area (Å²) in [6.45, 7) is 5.58. The number of carbonyl (C=O) groups excluding carboxylic acids is 1. The molecule has 2 radical (unpaired) electrons. The fourth-order valence-electron chi connectivity index (χ4n) is 1.02. The maximum Gasteiger partial charge on any atom is 0.321 e. The molecule has 0 spiro atoms. The van der Waals surface area contributed by atoms with E-state index >= 15 is 0 Å². The van der Waals surface area contributed by atoms with Crippen LogP contribution in [0.4, 0.5) is 4.79 Å². The van der Waals surface area contributed by atoms with Gasteiger partial charge in [-0.25, -0.2) is 4.79 Å². The summed E-state index contributed by atoms with van der Waals surface area (Å²) < 4.78 is 0. The molecule has 0 aromatic heterocycles. The third kappa shape index (κ3) is 1.25. The van der Waals surface area contributed by atoms with Gasteiger partial charge in [0.25, 0.3) is 0 Å². The Morgan fingerprint density at radius 3 is 2.82 bits per heavy atom. The highest BCUT2D eigenvalue weighted by molar-refractivity contribution is 6.15. The summed E-state index contributed by atoms with van der Waals surface area (Å²) in [6.07, 6.45) is 0. The van der Waals surface area contributed by atoms with Crippen LogP contribution in [0.5, 0.6) is 0 Å². The van der Waals surface area contributed by atoms with Crippen molar-refractivity contribution in [1.29, 1.82) is 0 Å². The van der Waals surface area contributed by atoms with Crippen LogP contribution in [0.1, 0.15) is 6.92 Å². The van der Waals surface area contributed by atoms with Crippen molar-refractivity contribution < 1.29 is 4.79 Å². The molecular weight excluding hydrogens is 139 g/mol. The van der Waals surface area contributed by atoms with Crippen LogP contribution >= 0.6 is 0 Å². The lowest BCUT2D eigenvalue weighted by molar-refractivity contribution is 0.205. The first-order valence-electron chi connectivity index (χ1n) is 3.52. The zero-order valence-electron chi connectivity index (χ0n) is 6.79. The van der Waals surface area contributed by atoms with Gasteiger partial charge in [-0.05, 0) is 12.7 Å². The standard InChI is InChI=1S/C7H11BN2O/c1-4-6(8)5(2)10(3)7(11)9-4/h4,6H,2H2,1,3H3,(H,9,11)/t4?,6-/m0/s1. The van der Waals surface area contributed by atoms with Gasteiger partial charge in [-0.1, -0.05) is 6.58 Å². The third-order valence-corrected chi connectivity index (χ3v) is 2.01. The molecule has 1 heterocycles. The first-order chi connectivity index (χ1) is 5.04. The highest BCUT2D eigenvalue weighted by Gasteiger charge is 2.28. The fraction of sp³-hybridized carbons (Fsp3) is 0.571. The van der Waals surface area contributed by atoms with Crippen LogP contribution in [0.15, 0.2) is 12.3 Å². The zero-order chi connectivity index (χ0) is 8.59. The number of hydrogen-bond donors (Lipinski definition) is 1. The summed E-state index contributed by atoms with van der Waals surface area (Å²) in [5.41, 5.74) is 0.668. The second kappa shape index (κ2) is 2.60. The van der Waals surface area contributed by atoms with Gasteiger partial charge >= 0.3 is 6.03 Å². The average molecular weight is 150 g/mol. The number of nitrogens with one attached hydrogen (secondary N) is 1. The quantitative estimate of drug-likeness (QED) is 0.501. The summed E-state index contributed by atoms with van der Waals surface area (Å²) in [6, 6.07) is -0.157. The molecule has 0 aromatic carbocycles. The lowest BCUT2D eigenvalue weighted by atomic mass is 9.78. The topological polar surface area (TPSA) is 32.3 Å². The normalized spacial score (nSPS) is 32.0. The molecule has 58 valence electrons. The Bertz CT molecular complexity index is 205. The van der Waals surface area contributed by atoms with E-state index in [2.05, 4.69) is 11.9 Å². The summed E-state index contributed by atoms with van der Waals surface area (Å²) >= 11 is 0. The van der Waals surface area contributed by atoms with Gasteiger partial charge in [0, 0.05) is 18.8 Å². The molecule has 1 aliphatic rings. The number of amides is 2. The van der Waals surface area contributed by atoms with E-state index < -0.39 is 0 Å². The second-order valence-corrected chi connectivity index (χ2v) is 2.81. The van der Waals surface area contributed by atoms with Gasteiger partial charge in [0.05, 0.1) is 7.85 Å². The lowest BCUT2D eigenvalue weighted by Crippen LogP contribution is -2.50. The van der Waals surface area contributed by atoms with Crippen LogP contribution in [-0.2, 0) is 0 Å². The van der Waals surface area contributed by atoms with Crippen molar-refractivity contribution >= 4 is 13.9 Å². The molecule has 1 rings (SSSR count). The smallest absolute Gasteiger partial charge is 0.321 e. The Morgan fingerprint density at radius 2 is 2.27 bits per heavy atom. The Balaban J connectivity index is 2.79. The monoisotopic (exact) mass is 150 g/mol. The van der Waals surface area contributed by atoms with E-state index in [0.29, 0.717) is 5.70 Å². The summed E-state index contributed by atoms with van der Waals surface area (Å²) in [5.74, 6) is -0.169. The maximum atomic E-state index is 11.1. The molecule has 0 aromatic rings. The highest BCUT2D eigenvalue weighted by atomic mass is 16.2. The van der Waals surface area contributed by atoms with E-state index in [-0.39, 0.29) is 17.9 Å². The van der Waals surface area contributed by atoms with Crippen LogP contribution in [0.3, 0.4) is 0 Å².